The van der Waals surface area contributed by atoms with Gasteiger partial charge in [0.1, 0.15) is 6.04 Å². The van der Waals surface area contributed by atoms with Crippen LogP contribution in [-0.2, 0) is 23.9 Å². The van der Waals surface area contributed by atoms with Crippen LogP contribution in [0.2, 0.25) is 0 Å². The summed E-state index contributed by atoms with van der Waals surface area (Å²) in [6.45, 7) is 2.96. The molecule has 0 radical (unpaired) electrons. The summed E-state index contributed by atoms with van der Waals surface area (Å²) >= 11 is 0. The summed E-state index contributed by atoms with van der Waals surface area (Å²) in [5.41, 5.74) is 0. The molecular formula is C14H23NO7. The van der Waals surface area contributed by atoms with Crippen LogP contribution in [0.3, 0.4) is 0 Å². The van der Waals surface area contributed by atoms with Crippen LogP contribution in [0.5, 0.6) is 0 Å². The number of hydrogen-bond donors (Lipinski definition) is 3. The number of unbranched alkanes of at least 4 members (excludes halogenated alkanes) is 1. The highest BCUT2D eigenvalue weighted by atomic mass is 16.5. The number of carboxylic acid groups (broad SMARTS) is 2. The van der Waals surface area contributed by atoms with E-state index in [2.05, 4.69) is 5.32 Å². The number of nitrogens with one attached hydrogen (secondary N) is 1. The van der Waals surface area contributed by atoms with Gasteiger partial charge in [-0.1, -0.05) is 0 Å². The quantitative estimate of drug-likeness (QED) is 0.352. The lowest BCUT2D eigenvalue weighted by Gasteiger charge is -2.15. The Kier molecular flexibility index (Phi) is 9.77. The van der Waals surface area contributed by atoms with E-state index in [1.165, 1.54) is 13.8 Å². The van der Waals surface area contributed by atoms with Crippen molar-refractivity contribution in [2.75, 3.05) is 6.54 Å². The summed E-state index contributed by atoms with van der Waals surface area (Å²) in [4.78, 5) is 43.5. The zero-order valence-corrected chi connectivity index (χ0v) is 12.8. The monoisotopic (exact) mass is 317 g/mol. The Labute approximate surface area is 128 Å². The van der Waals surface area contributed by atoms with Crippen molar-refractivity contribution < 1.29 is 34.1 Å². The molecule has 0 aromatic carbocycles. The lowest BCUT2D eigenvalue weighted by molar-refractivity contribution is -0.152. The van der Waals surface area contributed by atoms with Gasteiger partial charge in [-0.05, 0) is 39.2 Å². The van der Waals surface area contributed by atoms with Crippen molar-refractivity contribution in [1.29, 1.82) is 0 Å². The number of ether oxygens (including phenoxy) is 1. The van der Waals surface area contributed by atoms with Crippen molar-refractivity contribution in [3.63, 3.8) is 0 Å². The number of Topliss-reactive ketones (excluding diaryl/α,β-unsaturated/α-hetero) is 1. The van der Waals surface area contributed by atoms with Gasteiger partial charge in [-0.25, -0.2) is 0 Å². The Morgan fingerprint density at radius 2 is 1.68 bits per heavy atom. The fraction of sp³-hybridized carbons (Fsp3) is 0.714. The maximum atomic E-state index is 11.3. The molecular weight excluding hydrogens is 294 g/mol. The fourth-order valence-corrected chi connectivity index (χ4v) is 1.86. The number of carbonyl (C=O) groups is 4. The minimum Gasteiger partial charge on any atom is -0.481 e. The van der Waals surface area contributed by atoms with Gasteiger partial charge in [0.25, 0.3) is 0 Å². The number of esters is 1. The maximum Gasteiger partial charge on any atom is 0.320 e. The van der Waals surface area contributed by atoms with Crippen molar-refractivity contribution in [3.05, 3.63) is 0 Å². The first kappa shape index (κ1) is 20.0. The van der Waals surface area contributed by atoms with Crippen LogP contribution in [0.25, 0.3) is 0 Å². The van der Waals surface area contributed by atoms with Gasteiger partial charge < -0.3 is 20.3 Å². The highest BCUT2D eigenvalue weighted by molar-refractivity contribution is 5.83. The smallest absolute Gasteiger partial charge is 0.320 e. The van der Waals surface area contributed by atoms with Gasteiger partial charge in [0, 0.05) is 13.3 Å². The molecule has 0 saturated carbocycles. The van der Waals surface area contributed by atoms with Crippen LogP contribution < -0.4 is 5.32 Å². The Hall–Kier alpha value is -1.96. The number of carbonyl (C=O) groups excluding carboxylic acids is 2. The van der Waals surface area contributed by atoms with Gasteiger partial charge in [0.05, 0.1) is 0 Å². The molecule has 0 saturated heterocycles. The Morgan fingerprint density at radius 1 is 1.05 bits per heavy atom. The van der Waals surface area contributed by atoms with Gasteiger partial charge in [-0.3, -0.25) is 19.2 Å². The van der Waals surface area contributed by atoms with E-state index < -0.39 is 30.1 Å². The average molecular weight is 317 g/mol. The molecule has 0 aliphatic rings. The Balaban J connectivity index is 4.01. The van der Waals surface area contributed by atoms with E-state index in [1.54, 1.807) is 0 Å². The van der Waals surface area contributed by atoms with Gasteiger partial charge >= 0.3 is 17.9 Å². The molecule has 0 spiro atoms. The minimum atomic E-state index is -1.09. The molecule has 0 aromatic rings. The molecule has 8 nitrogen and oxygen atoms in total. The van der Waals surface area contributed by atoms with Crippen molar-refractivity contribution in [3.8, 4) is 0 Å². The first-order valence-corrected chi connectivity index (χ1v) is 7.09. The van der Waals surface area contributed by atoms with E-state index in [-0.39, 0.29) is 18.6 Å². The summed E-state index contributed by atoms with van der Waals surface area (Å²) in [5, 5.41) is 20.3. The molecule has 0 fully saturated rings. The van der Waals surface area contributed by atoms with E-state index in [0.717, 1.165) is 0 Å². The summed E-state index contributed by atoms with van der Waals surface area (Å²) < 4.78 is 4.87. The van der Waals surface area contributed by atoms with Crippen LogP contribution in [0.4, 0.5) is 0 Å². The third-order valence-corrected chi connectivity index (χ3v) is 2.99. The molecule has 1 unspecified atom stereocenters. The predicted molar refractivity (Wildman–Crippen MR) is 76.4 cm³/mol. The average Bonchev–Trinajstić information content (AvgIpc) is 2.38. The van der Waals surface area contributed by atoms with Crippen molar-refractivity contribution >= 4 is 23.7 Å². The van der Waals surface area contributed by atoms with E-state index >= 15 is 0 Å². The van der Waals surface area contributed by atoms with E-state index in [1.807, 2.05) is 0 Å². The second kappa shape index (κ2) is 10.7. The SMILES string of the molecule is CC(=O)OC(CCCCN[C@@H](CCC(=O)O)C(=O)O)C(C)=O. The zero-order valence-electron chi connectivity index (χ0n) is 12.8. The van der Waals surface area contributed by atoms with Gasteiger partial charge in [-0.2, -0.15) is 0 Å². The first-order chi connectivity index (χ1) is 10.2. The Morgan fingerprint density at radius 3 is 2.14 bits per heavy atom. The molecule has 3 N–H and O–H groups in total. The largest absolute Gasteiger partial charge is 0.481 e. The van der Waals surface area contributed by atoms with E-state index in [4.69, 9.17) is 14.9 Å². The second-order valence-corrected chi connectivity index (χ2v) is 4.98. The van der Waals surface area contributed by atoms with Gasteiger partial charge in [0.15, 0.2) is 11.9 Å². The molecule has 8 heteroatoms. The van der Waals surface area contributed by atoms with Gasteiger partial charge in [0.2, 0.25) is 0 Å². The third-order valence-electron chi connectivity index (χ3n) is 2.99. The first-order valence-electron chi connectivity index (χ1n) is 7.09. The molecule has 22 heavy (non-hydrogen) atoms. The Bertz CT molecular complexity index is 408. The zero-order chi connectivity index (χ0) is 17.1. The number of aliphatic carboxylic acids is 2. The fourth-order valence-electron chi connectivity index (χ4n) is 1.86. The number of hydrogen-bond acceptors (Lipinski definition) is 6. The highest BCUT2D eigenvalue weighted by Gasteiger charge is 2.19. The van der Waals surface area contributed by atoms with Crippen LogP contribution in [-0.4, -0.2) is 52.6 Å². The molecule has 0 rings (SSSR count). The molecule has 0 heterocycles. The predicted octanol–water partition coefficient (Wildman–Crippen LogP) is 0.585. The molecule has 0 aliphatic heterocycles. The number of rotatable bonds is 12. The second-order valence-electron chi connectivity index (χ2n) is 4.98. The lowest BCUT2D eigenvalue weighted by Crippen LogP contribution is -2.37. The topological polar surface area (TPSA) is 130 Å². The maximum absolute atomic E-state index is 11.3. The molecule has 0 aromatic heterocycles. The molecule has 2 atom stereocenters. The van der Waals surface area contributed by atoms with E-state index in [0.29, 0.717) is 25.8 Å². The number of carboxylic acids is 2. The summed E-state index contributed by atoms with van der Waals surface area (Å²) in [6.07, 6.45) is 0.567. The molecule has 126 valence electrons. The van der Waals surface area contributed by atoms with Crippen LogP contribution in [0.1, 0.15) is 46.0 Å². The van der Waals surface area contributed by atoms with Gasteiger partial charge in [-0.15, -0.1) is 0 Å². The molecule has 0 aliphatic carbocycles. The normalized spacial score (nSPS) is 13.2. The molecule has 0 amide bonds. The van der Waals surface area contributed by atoms with E-state index in [9.17, 15) is 19.2 Å². The standard InChI is InChI=1S/C14H23NO7/c1-9(16)12(22-10(2)17)5-3-4-8-15-11(14(20)21)6-7-13(18)19/h11-12,15H,3-8H2,1-2H3,(H,18,19)(H,20,21)/t11-,12?/m0/s1. The van der Waals surface area contributed by atoms with Crippen LogP contribution in [0, 0.1) is 0 Å². The highest BCUT2D eigenvalue weighted by Crippen LogP contribution is 2.07. The lowest BCUT2D eigenvalue weighted by atomic mass is 10.1. The number of ketones is 1. The molecule has 0 bridgehead atoms. The summed E-state index contributed by atoms with van der Waals surface area (Å²) in [7, 11) is 0. The third kappa shape index (κ3) is 9.87. The summed E-state index contributed by atoms with van der Waals surface area (Å²) in [5.74, 6) is -2.88. The summed E-state index contributed by atoms with van der Waals surface area (Å²) in [6, 6.07) is -0.909. The van der Waals surface area contributed by atoms with Crippen molar-refractivity contribution in [2.24, 2.45) is 0 Å². The van der Waals surface area contributed by atoms with Crippen molar-refractivity contribution in [2.45, 2.75) is 58.1 Å². The minimum absolute atomic E-state index is 0.00812. The van der Waals surface area contributed by atoms with Crippen LogP contribution in [0.15, 0.2) is 0 Å². The van der Waals surface area contributed by atoms with Crippen LogP contribution >= 0.6 is 0 Å². The van der Waals surface area contributed by atoms with Crippen molar-refractivity contribution in [1.82, 2.24) is 5.32 Å².